The largest absolute Gasteiger partial charge is 1.00 e. The van der Waals surface area contributed by atoms with Gasteiger partial charge < -0.3 is 47.7 Å². The summed E-state index contributed by atoms with van der Waals surface area (Å²) >= 11 is 0. The van der Waals surface area contributed by atoms with Gasteiger partial charge in [-0.15, -0.1) is 0 Å². The van der Waals surface area contributed by atoms with E-state index in [-0.39, 0.29) is 29.5 Å². The van der Waals surface area contributed by atoms with Crippen LogP contribution in [0.3, 0.4) is 0 Å². The van der Waals surface area contributed by atoms with Crippen molar-refractivity contribution in [2.45, 2.75) is 13.8 Å². The predicted octanol–water partition coefficient (Wildman–Crippen LogP) is -0.970. The summed E-state index contributed by atoms with van der Waals surface area (Å²) in [5.74, 6) is 0.529. The molecule has 1 N–H and O–H groups in total. The Kier molecular flexibility index (Phi) is 8.55. The van der Waals surface area contributed by atoms with Gasteiger partial charge in [0.15, 0.2) is 0 Å². The molecule has 0 fully saturated rings. The van der Waals surface area contributed by atoms with Crippen molar-refractivity contribution in [2.75, 3.05) is 47.4 Å². The van der Waals surface area contributed by atoms with E-state index in [1.165, 1.54) is 20.3 Å². The van der Waals surface area contributed by atoms with Crippen molar-refractivity contribution in [2.24, 2.45) is 0 Å². The molecule has 1 aromatic heterocycles. The van der Waals surface area contributed by atoms with Crippen molar-refractivity contribution >= 4 is 16.9 Å². The third-order valence-corrected chi connectivity index (χ3v) is 4.95. The van der Waals surface area contributed by atoms with Crippen LogP contribution in [0.15, 0.2) is 27.4 Å². The molecule has 2 rings (SSSR count). The molecule has 0 aliphatic heterocycles. The highest BCUT2D eigenvalue weighted by atomic mass is 127. The van der Waals surface area contributed by atoms with Crippen LogP contribution in [0.4, 0.5) is 0 Å². The number of carbonyl (C=O) groups excluding carboxylic acids is 1. The van der Waals surface area contributed by atoms with E-state index in [9.17, 15) is 9.59 Å². The summed E-state index contributed by atoms with van der Waals surface area (Å²) in [6.45, 7) is 7.45. The van der Waals surface area contributed by atoms with Crippen molar-refractivity contribution in [1.29, 1.82) is 0 Å². The van der Waals surface area contributed by atoms with E-state index in [2.05, 4.69) is 26.2 Å². The molecule has 2 aromatic rings. The lowest BCUT2D eigenvalue weighted by atomic mass is 10.1. The number of amides is 1. The summed E-state index contributed by atoms with van der Waals surface area (Å²) in [6, 6.07) is 4.77. The van der Waals surface area contributed by atoms with Crippen LogP contribution < -0.4 is 44.4 Å². The van der Waals surface area contributed by atoms with Gasteiger partial charge in [0.1, 0.15) is 22.6 Å². The second-order valence-corrected chi connectivity index (χ2v) is 6.42. The van der Waals surface area contributed by atoms with Crippen LogP contribution in [0.25, 0.3) is 11.0 Å². The molecule has 1 amide bonds. The van der Waals surface area contributed by atoms with Gasteiger partial charge in [0.05, 0.1) is 52.8 Å². The van der Waals surface area contributed by atoms with E-state index in [0.717, 1.165) is 24.1 Å². The highest BCUT2D eigenvalue weighted by Gasteiger charge is 2.19. The first-order valence-electron chi connectivity index (χ1n) is 8.69. The van der Waals surface area contributed by atoms with Crippen molar-refractivity contribution in [3.05, 3.63) is 34.2 Å². The topological polar surface area (TPSA) is 77.8 Å². The van der Waals surface area contributed by atoms with Crippen LogP contribution in [-0.4, -0.2) is 57.8 Å². The summed E-state index contributed by atoms with van der Waals surface area (Å²) in [5, 5.41) is 3.35. The number of nitrogens with zero attached hydrogens (tertiary/aromatic N) is 1. The molecule has 0 saturated carbocycles. The third kappa shape index (κ3) is 5.35. The first kappa shape index (κ1) is 23.2. The number of halogens is 1. The zero-order valence-electron chi connectivity index (χ0n) is 16.4. The number of ether oxygens (including phenoxy) is 2. The number of nitrogens with one attached hydrogen (secondary N) is 1. The van der Waals surface area contributed by atoms with Crippen molar-refractivity contribution in [3.8, 4) is 11.5 Å². The van der Waals surface area contributed by atoms with E-state index < -0.39 is 11.5 Å². The average Bonchev–Trinajstić information content (AvgIpc) is 2.65. The predicted molar refractivity (Wildman–Crippen MR) is 100 cm³/mol. The zero-order valence-corrected chi connectivity index (χ0v) is 18.6. The molecule has 1 heterocycles. The second-order valence-electron chi connectivity index (χ2n) is 6.42. The number of carbonyl (C=O) groups is 1. The Hall–Kier alpha value is -1.81. The fraction of sp³-hybridized carbons (Fsp3) is 0.474. The monoisotopic (exact) mass is 490 g/mol. The van der Waals surface area contributed by atoms with Crippen molar-refractivity contribution < 1.29 is 47.1 Å². The van der Waals surface area contributed by atoms with Gasteiger partial charge in [-0.3, -0.25) is 4.79 Å². The molecule has 27 heavy (non-hydrogen) atoms. The first-order chi connectivity index (χ1) is 12.4. The Labute approximate surface area is 176 Å². The van der Waals surface area contributed by atoms with E-state index in [1.54, 1.807) is 12.1 Å². The quantitative estimate of drug-likeness (QED) is 0.293. The number of rotatable bonds is 8. The summed E-state index contributed by atoms with van der Waals surface area (Å²) < 4.78 is 16.6. The Morgan fingerprint density at radius 3 is 2.37 bits per heavy atom. The van der Waals surface area contributed by atoms with Gasteiger partial charge in [0.25, 0.3) is 5.91 Å². The molecule has 8 heteroatoms. The number of methoxy groups -OCH3 is 2. The molecule has 0 unspecified atom stereocenters. The van der Waals surface area contributed by atoms with Crippen molar-refractivity contribution in [3.63, 3.8) is 0 Å². The molecule has 0 aliphatic carbocycles. The van der Waals surface area contributed by atoms with Gasteiger partial charge in [0.2, 0.25) is 0 Å². The fourth-order valence-electron chi connectivity index (χ4n) is 2.68. The van der Waals surface area contributed by atoms with Gasteiger partial charge >= 0.3 is 5.63 Å². The van der Waals surface area contributed by atoms with E-state index >= 15 is 0 Å². The molecular formula is C19H27IN2O5. The van der Waals surface area contributed by atoms with Gasteiger partial charge in [-0.05, 0) is 19.9 Å². The summed E-state index contributed by atoms with van der Waals surface area (Å²) in [7, 11) is 5.15. The number of fused-ring (bicyclic) bond motifs is 1. The summed E-state index contributed by atoms with van der Waals surface area (Å²) in [5.41, 5.74) is -0.416. The molecule has 0 bridgehead atoms. The van der Waals surface area contributed by atoms with Gasteiger partial charge in [-0.2, -0.15) is 0 Å². The molecule has 1 aromatic carbocycles. The molecule has 0 radical (unpaired) electrons. The number of benzene rings is 1. The van der Waals surface area contributed by atoms with Crippen LogP contribution in [-0.2, 0) is 0 Å². The Morgan fingerprint density at radius 1 is 1.15 bits per heavy atom. The van der Waals surface area contributed by atoms with Crippen LogP contribution in [0.5, 0.6) is 11.5 Å². The summed E-state index contributed by atoms with van der Waals surface area (Å²) in [4.78, 5) is 24.7. The smallest absolute Gasteiger partial charge is 0.349 e. The van der Waals surface area contributed by atoms with E-state index in [0.29, 0.717) is 29.0 Å². The SMILES string of the molecule is CC[N+](C)(CC)CCNC(=O)c1cc2c(OC)cc(OC)cc2oc1=O.[I-]. The number of likely N-dealkylation sites (N-methyl/N-ethyl adjacent to an activating group) is 1. The number of hydrogen-bond donors (Lipinski definition) is 1. The van der Waals surface area contributed by atoms with Crippen LogP contribution in [0.1, 0.15) is 24.2 Å². The second kappa shape index (κ2) is 9.93. The number of quaternary nitrogens is 1. The van der Waals surface area contributed by atoms with Crippen molar-refractivity contribution in [1.82, 2.24) is 5.32 Å². The first-order valence-corrected chi connectivity index (χ1v) is 8.69. The molecule has 0 saturated heterocycles. The van der Waals surface area contributed by atoms with E-state index in [1.807, 2.05) is 0 Å². The molecule has 0 atom stereocenters. The molecule has 7 nitrogen and oxygen atoms in total. The maximum absolute atomic E-state index is 12.5. The highest BCUT2D eigenvalue weighted by Crippen LogP contribution is 2.30. The Balaban J connectivity index is 0.00000364. The van der Waals surface area contributed by atoms with E-state index in [4.69, 9.17) is 13.9 Å². The summed E-state index contributed by atoms with van der Waals surface area (Å²) in [6.07, 6.45) is 0. The minimum Gasteiger partial charge on any atom is -1.00 e. The standard InChI is InChI=1S/C19H26N2O5.HI/c1-6-21(3,7-2)9-8-20-18(22)15-12-14-16(25-5)10-13(24-4)11-17(14)26-19(15)23;/h10-12H,6-9H2,1-5H3;1H. The maximum Gasteiger partial charge on any atom is 0.349 e. The average molecular weight is 490 g/mol. The lowest BCUT2D eigenvalue weighted by Crippen LogP contribution is -3.00. The Bertz CT molecular complexity index is 846. The minimum atomic E-state index is -0.687. The van der Waals surface area contributed by atoms with Gasteiger partial charge in [-0.1, -0.05) is 0 Å². The maximum atomic E-state index is 12.5. The molecule has 0 spiro atoms. The molecule has 0 aliphatic rings. The highest BCUT2D eigenvalue weighted by molar-refractivity contribution is 5.98. The molecule has 150 valence electrons. The normalized spacial score (nSPS) is 11.0. The van der Waals surface area contributed by atoms with Gasteiger partial charge in [-0.25, -0.2) is 4.79 Å². The van der Waals surface area contributed by atoms with Crippen LogP contribution >= 0.6 is 0 Å². The zero-order chi connectivity index (χ0) is 19.3. The van der Waals surface area contributed by atoms with Crippen LogP contribution in [0.2, 0.25) is 0 Å². The third-order valence-electron chi connectivity index (χ3n) is 4.95. The lowest BCUT2D eigenvalue weighted by Gasteiger charge is -2.32. The van der Waals surface area contributed by atoms with Gasteiger partial charge in [0, 0.05) is 12.1 Å². The lowest BCUT2D eigenvalue weighted by molar-refractivity contribution is -0.904. The molecular weight excluding hydrogens is 463 g/mol. The number of hydrogen-bond acceptors (Lipinski definition) is 5. The Morgan fingerprint density at radius 2 is 1.81 bits per heavy atom. The van der Waals surface area contributed by atoms with Crippen LogP contribution in [0, 0.1) is 0 Å². The fourth-order valence-corrected chi connectivity index (χ4v) is 2.68. The minimum absolute atomic E-state index is 0.